The van der Waals surface area contributed by atoms with Crippen LogP contribution in [0.1, 0.15) is 24.0 Å². The minimum absolute atomic E-state index is 0.0607. The van der Waals surface area contributed by atoms with E-state index in [1.807, 2.05) is 18.2 Å². The van der Waals surface area contributed by atoms with E-state index in [1.165, 1.54) is 30.2 Å². The van der Waals surface area contributed by atoms with Crippen molar-refractivity contribution in [1.82, 2.24) is 4.90 Å². The van der Waals surface area contributed by atoms with Gasteiger partial charge < -0.3 is 10.1 Å². The monoisotopic (exact) mass is 480 g/mol. The molecule has 168 valence electrons. The lowest BCUT2D eigenvalue weighted by Crippen LogP contribution is -2.29. The lowest BCUT2D eigenvalue weighted by molar-refractivity contribution is -0.137. The number of nitrogens with one attached hydrogen (secondary N) is 1. The second kappa shape index (κ2) is 10.2. The molecule has 0 atom stereocenters. The fraction of sp³-hybridized carbons (Fsp3) is 0.227. The van der Waals surface area contributed by atoms with Crippen LogP contribution in [0.25, 0.3) is 6.08 Å². The first-order valence-corrected chi connectivity index (χ1v) is 10.8. The third-order valence-electron chi connectivity index (χ3n) is 4.59. The number of alkyl halides is 3. The van der Waals surface area contributed by atoms with E-state index in [-0.39, 0.29) is 31.0 Å². The first-order valence-electron chi connectivity index (χ1n) is 9.55. The molecule has 1 aliphatic rings. The van der Waals surface area contributed by atoms with E-state index in [1.54, 1.807) is 12.1 Å². The van der Waals surface area contributed by atoms with Crippen LogP contribution in [0, 0.1) is 0 Å². The number of hydrogen-bond acceptors (Lipinski definition) is 5. The van der Waals surface area contributed by atoms with Gasteiger partial charge in [0.1, 0.15) is 10.1 Å². The highest BCUT2D eigenvalue weighted by Crippen LogP contribution is 2.35. The van der Waals surface area contributed by atoms with Gasteiger partial charge in [0.25, 0.3) is 5.91 Å². The Morgan fingerprint density at radius 3 is 2.59 bits per heavy atom. The van der Waals surface area contributed by atoms with E-state index < -0.39 is 17.6 Å². The Morgan fingerprint density at radius 2 is 1.88 bits per heavy atom. The molecule has 1 saturated heterocycles. The Kier molecular flexibility index (Phi) is 7.57. The van der Waals surface area contributed by atoms with Crippen molar-refractivity contribution in [3.8, 4) is 5.75 Å². The molecule has 3 rings (SSSR count). The zero-order valence-corrected chi connectivity index (χ0v) is 18.6. The van der Waals surface area contributed by atoms with E-state index in [0.717, 1.165) is 23.4 Å². The van der Waals surface area contributed by atoms with Crippen LogP contribution in [-0.4, -0.2) is 34.7 Å². The van der Waals surface area contributed by atoms with Crippen molar-refractivity contribution in [2.75, 3.05) is 19.0 Å². The van der Waals surface area contributed by atoms with Gasteiger partial charge in [0, 0.05) is 18.5 Å². The predicted molar refractivity (Wildman–Crippen MR) is 122 cm³/mol. The topological polar surface area (TPSA) is 58.6 Å². The summed E-state index contributed by atoms with van der Waals surface area (Å²) in [6.07, 6.45) is -2.69. The van der Waals surface area contributed by atoms with E-state index in [0.29, 0.717) is 15.0 Å². The maximum absolute atomic E-state index is 13.1. The summed E-state index contributed by atoms with van der Waals surface area (Å²) >= 11 is 6.43. The standard InChI is InChI=1S/C22H19F3N2O3S2/c1-30-17-10-5-2-7-14(17)13-18-20(29)27(21(31)32-18)12-6-11-19(28)26-16-9-4-3-8-15(16)22(23,24)25/h2-5,7-10,13H,6,11-12H2,1H3,(H,26,28)/b18-13-. The molecule has 2 aromatic carbocycles. The maximum Gasteiger partial charge on any atom is 0.418 e. The van der Waals surface area contributed by atoms with Crippen molar-refractivity contribution in [2.24, 2.45) is 0 Å². The first-order chi connectivity index (χ1) is 15.2. The van der Waals surface area contributed by atoms with Crippen LogP contribution in [0.3, 0.4) is 0 Å². The molecular formula is C22H19F3N2O3S2. The number of rotatable bonds is 7. The molecule has 0 aliphatic carbocycles. The zero-order chi connectivity index (χ0) is 23.3. The zero-order valence-electron chi connectivity index (χ0n) is 16.9. The smallest absolute Gasteiger partial charge is 0.418 e. The second-order valence-electron chi connectivity index (χ2n) is 6.77. The summed E-state index contributed by atoms with van der Waals surface area (Å²) in [6, 6.07) is 12.0. The van der Waals surface area contributed by atoms with Crippen molar-refractivity contribution >= 4 is 51.9 Å². The van der Waals surface area contributed by atoms with Gasteiger partial charge in [-0.2, -0.15) is 13.2 Å². The van der Waals surface area contributed by atoms with Gasteiger partial charge in [-0.05, 0) is 30.7 Å². The van der Waals surface area contributed by atoms with Crippen LogP contribution in [0.5, 0.6) is 5.75 Å². The van der Waals surface area contributed by atoms with Crippen LogP contribution >= 0.6 is 24.0 Å². The number of ether oxygens (including phenoxy) is 1. The number of halogens is 3. The summed E-state index contributed by atoms with van der Waals surface area (Å²) in [4.78, 5) is 26.7. The number of thiocarbonyl (C=S) groups is 1. The van der Waals surface area contributed by atoms with Gasteiger partial charge in [-0.1, -0.05) is 54.3 Å². The molecule has 32 heavy (non-hydrogen) atoms. The van der Waals surface area contributed by atoms with Gasteiger partial charge in [0.15, 0.2) is 0 Å². The Hall–Kier alpha value is -2.85. The lowest BCUT2D eigenvalue weighted by Gasteiger charge is -2.15. The molecule has 1 fully saturated rings. The molecule has 2 amide bonds. The Morgan fingerprint density at radius 1 is 1.19 bits per heavy atom. The van der Waals surface area contributed by atoms with Gasteiger partial charge in [0.2, 0.25) is 5.91 Å². The van der Waals surface area contributed by atoms with Crippen molar-refractivity contribution < 1.29 is 27.5 Å². The molecule has 0 radical (unpaired) electrons. The normalized spacial score (nSPS) is 15.4. The number of hydrogen-bond donors (Lipinski definition) is 1. The summed E-state index contributed by atoms with van der Waals surface area (Å²) in [5.74, 6) is -0.237. The van der Waals surface area contributed by atoms with Crippen molar-refractivity contribution in [3.63, 3.8) is 0 Å². The molecule has 0 saturated carbocycles. The molecule has 2 aromatic rings. The largest absolute Gasteiger partial charge is 0.496 e. The van der Waals surface area contributed by atoms with Crippen LogP contribution in [-0.2, 0) is 15.8 Å². The van der Waals surface area contributed by atoms with Gasteiger partial charge in [-0.3, -0.25) is 14.5 Å². The van der Waals surface area contributed by atoms with Gasteiger partial charge in [0.05, 0.1) is 23.3 Å². The number of carbonyl (C=O) groups excluding carboxylic acids is 2. The number of amides is 2. The van der Waals surface area contributed by atoms with Gasteiger partial charge >= 0.3 is 6.18 Å². The number of nitrogens with zero attached hydrogens (tertiary/aromatic N) is 1. The average molecular weight is 481 g/mol. The molecule has 1 N–H and O–H groups in total. The van der Waals surface area contributed by atoms with Crippen molar-refractivity contribution in [1.29, 1.82) is 0 Å². The van der Waals surface area contributed by atoms with Gasteiger partial charge in [-0.25, -0.2) is 0 Å². The first kappa shape index (κ1) is 23.8. The Bertz CT molecular complexity index is 1070. The molecule has 0 unspecified atom stereocenters. The SMILES string of the molecule is COc1ccccc1/C=C1\SC(=S)N(CCCC(=O)Nc2ccccc2C(F)(F)F)C1=O. The van der Waals surface area contributed by atoms with E-state index in [9.17, 15) is 22.8 Å². The Balaban J connectivity index is 1.59. The molecular weight excluding hydrogens is 461 g/mol. The predicted octanol–water partition coefficient (Wildman–Crippen LogP) is 5.33. The van der Waals surface area contributed by atoms with Crippen LogP contribution in [0.4, 0.5) is 18.9 Å². The number of anilines is 1. The molecule has 1 aliphatic heterocycles. The third kappa shape index (κ3) is 5.68. The summed E-state index contributed by atoms with van der Waals surface area (Å²) < 4.78 is 44.8. The van der Waals surface area contributed by atoms with Crippen molar-refractivity contribution in [3.05, 3.63) is 64.6 Å². The van der Waals surface area contributed by atoms with Gasteiger partial charge in [-0.15, -0.1) is 0 Å². The number of para-hydroxylation sites is 2. The minimum atomic E-state index is -4.57. The van der Waals surface area contributed by atoms with E-state index in [2.05, 4.69) is 5.32 Å². The highest BCUT2D eigenvalue weighted by atomic mass is 32.2. The summed E-state index contributed by atoms with van der Waals surface area (Å²) in [5.41, 5.74) is -0.472. The van der Waals surface area contributed by atoms with Crippen LogP contribution in [0.2, 0.25) is 0 Å². The molecule has 0 bridgehead atoms. The van der Waals surface area contributed by atoms with Crippen molar-refractivity contribution in [2.45, 2.75) is 19.0 Å². The third-order valence-corrected chi connectivity index (χ3v) is 5.97. The molecule has 1 heterocycles. The number of thioether (sulfide) groups is 1. The minimum Gasteiger partial charge on any atom is -0.496 e. The van der Waals surface area contributed by atoms with E-state index >= 15 is 0 Å². The fourth-order valence-electron chi connectivity index (χ4n) is 3.07. The molecule has 10 heteroatoms. The second-order valence-corrected chi connectivity index (χ2v) is 8.45. The maximum atomic E-state index is 13.1. The summed E-state index contributed by atoms with van der Waals surface area (Å²) in [5, 5.41) is 2.29. The number of carbonyl (C=O) groups is 2. The Labute approximate surface area is 192 Å². The summed E-state index contributed by atoms with van der Waals surface area (Å²) in [6.45, 7) is 0.183. The van der Waals surface area contributed by atoms with Crippen LogP contribution in [0.15, 0.2) is 53.4 Å². The molecule has 0 spiro atoms. The summed E-state index contributed by atoms with van der Waals surface area (Å²) in [7, 11) is 1.54. The fourth-order valence-corrected chi connectivity index (χ4v) is 4.37. The molecule has 5 nitrogen and oxygen atoms in total. The average Bonchev–Trinajstić information content (AvgIpc) is 3.01. The quantitative estimate of drug-likeness (QED) is 0.429. The van der Waals surface area contributed by atoms with E-state index in [4.69, 9.17) is 17.0 Å². The highest BCUT2D eigenvalue weighted by Gasteiger charge is 2.34. The lowest BCUT2D eigenvalue weighted by atomic mass is 10.1. The molecule has 0 aromatic heterocycles. The van der Waals surface area contributed by atoms with Crippen LogP contribution < -0.4 is 10.1 Å². The number of benzene rings is 2. The number of methoxy groups -OCH3 is 1. The highest BCUT2D eigenvalue weighted by molar-refractivity contribution is 8.26.